The lowest BCUT2D eigenvalue weighted by Gasteiger charge is -2.47. The summed E-state index contributed by atoms with van der Waals surface area (Å²) in [6.07, 6.45) is 10.5. The predicted octanol–water partition coefficient (Wildman–Crippen LogP) is 5.56. The lowest BCUT2D eigenvalue weighted by Crippen LogP contribution is -2.57. The van der Waals surface area contributed by atoms with E-state index in [1.807, 2.05) is 0 Å². The van der Waals surface area contributed by atoms with Crippen molar-refractivity contribution in [1.82, 2.24) is 5.32 Å². The largest absolute Gasteiger partial charge is 0.330 e. The van der Waals surface area contributed by atoms with Crippen LogP contribution in [0.25, 0.3) is 0 Å². The van der Waals surface area contributed by atoms with Crippen LogP contribution in [0.3, 0.4) is 0 Å². The molecule has 0 aliphatic heterocycles. The van der Waals surface area contributed by atoms with Crippen molar-refractivity contribution in [3.05, 3.63) is 35.9 Å². The van der Waals surface area contributed by atoms with Crippen molar-refractivity contribution in [1.29, 1.82) is 0 Å². The van der Waals surface area contributed by atoms with Gasteiger partial charge >= 0.3 is 0 Å². The van der Waals surface area contributed by atoms with Crippen LogP contribution in [0.15, 0.2) is 30.3 Å². The van der Waals surface area contributed by atoms with Crippen LogP contribution in [-0.2, 0) is 20.6 Å². The Morgan fingerprint density at radius 2 is 1.39 bits per heavy atom. The van der Waals surface area contributed by atoms with Gasteiger partial charge in [0.1, 0.15) is 0 Å². The summed E-state index contributed by atoms with van der Waals surface area (Å²) in [5, 5.41) is 3.55. The van der Waals surface area contributed by atoms with E-state index in [0.29, 0.717) is 0 Å². The number of unbranched alkanes of at least 4 members (excludes halogenated alkanes) is 5. The minimum absolute atomic E-state index is 0.262. The zero-order valence-corrected chi connectivity index (χ0v) is 18.9. The topological polar surface area (TPSA) is 39.7 Å². The summed E-state index contributed by atoms with van der Waals surface area (Å²) in [5.74, 6) is -1.05. The molecule has 0 spiro atoms. The second kappa shape index (κ2) is 14.1. The molecule has 0 aromatic heterocycles. The average molecular weight is 394 g/mol. The maximum atomic E-state index is 5.90. The molecule has 0 aliphatic carbocycles. The number of benzene rings is 1. The molecule has 1 N–H and O–H groups in total. The van der Waals surface area contributed by atoms with Crippen molar-refractivity contribution < 1.29 is 14.2 Å². The van der Waals surface area contributed by atoms with E-state index in [-0.39, 0.29) is 5.41 Å². The first-order valence-electron chi connectivity index (χ1n) is 11.0. The highest BCUT2D eigenvalue weighted by atomic mass is 16.9. The SMILES string of the molecule is CCCCCCCCC(CCc1ccccc1)(CNCC)C(OC)(OC)OC. The van der Waals surface area contributed by atoms with E-state index in [4.69, 9.17) is 14.2 Å². The van der Waals surface area contributed by atoms with Gasteiger partial charge in [0, 0.05) is 27.9 Å². The van der Waals surface area contributed by atoms with Gasteiger partial charge in [0.25, 0.3) is 5.97 Å². The zero-order chi connectivity index (χ0) is 20.7. The van der Waals surface area contributed by atoms with Crippen LogP contribution in [0.1, 0.15) is 70.8 Å². The van der Waals surface area contributed by atoms with Crippen molar-refractivity contribution in [3.8, 4) is 0 Å². The average Bonchev–Trinajstić information content (AvgIpc) is 2.75. The van der Waals surface area contributed by atoms with Crippen molar-refractivity contribution in [2.24, 2.45) is 5.41 Å². The van der Waals surface area contributed by atoms with E-state index in [1.54, 1.807) is 21.3 Å². The number of nitrogens with one attached hydrogen (secondary N) is 1. The maximum absolute atomic E-state index is 5.90. The standard InChI is InChI=1S/C24H43NO3/c1-6-8-9-10-11-15-19-23(21-25-7-2,24(26-3,27-4)28-5)20-18-22-16-13-12-14-17-22/h12-14,16-17,25H,6-11,15,18-21H2,1-5H3. The zero-order valence-electron chi connectivity index (χ0n) is 18.9. The van der Waals surface area contributed by atoms with E-state index in [1.165, 1.54) is 37.7 Å². The van der Waals surface area contributed by atoms with Crippen LogP contribution in [0.4, 0.5) is 0 Å². The molecule has 0 fully saturated rings. The lowest BCUT2D eigenvalue weighted by molar-refractivity contribution is -0.408. The van der Waals surface area contributed by atoms with Gasteiger partial charge in [0.15, 0.2) is 0 Å². The molecule has 162 valence electrons. The molecule has 1 unspecified atom stereocenters. The Hall–Kier alpha value is -0.940. The number of hydrogen-bond donors (Lipinski definition) is 1. The summed E-state index contributed by atoms with van der Waals surface area (Å²) >= 11 is 0. The number of ether oxygens (including phenoxy) is 3. The minimum Gasteiger partial charge on any atom is -0.330 e. The molecule has 4 heteroatoms. The number of aryl methyl sites for hydroxylation is 1. The molecule has 0 amide bonds. The molecule has 0 saturated heterocycles. The second-order valence-electron chi connectivity index (χ2n) is 7.73. The van der Waals surface area contributed by atoms with E-state index < -0.39 is 5.97 Å². The van der Waals surface area contributed by atoms with Gasteiger partial charge in [0.2, 0.25) is 0 Å². The molecule has 0 aliphatic rings. The minimum atomic E-state index is -1.05. The van der Waals surface area contributed by atoms with Gasteiger partial charge in [-0.1, -0.05) is 82.7 Å². The highest BCUT2D eigenvalue weighted by molar-refractivity contribution is 5.15. The molecule has 1 atom stereocenters. The van der Waals surface area contributed by atoms with Gasteiger partial charge in [-0.05, 0) is 31.4 Å². The van der Waals surface area contributed by atoms with Gasteiger partial charge in [-0.2, -0.15) is 0 Å². The summed E-state index contributed by atoms with van der Waals surface area (Å²) in [6.45, 7) is 6.12. The molecular weight excluding hydrogens is 350 g/mol. The quantitative estimate of drug-likeness (QED) is 0.278. The Balaban J connectivity index is 2.99. The smallest absolute Gasteiger partial charge is 0.289 e. The van der Waals surface area contributed by atoms with Gasteiger partial charge in [-0.25, -0.2) is 0 Å². The molecule has 4 nitrogen and oxygen atoms in total. The molecule has 0 bridgehead atoms. The Morgan fingerprint density at radius 3 is 1.96 bits per heavy atom. The fourth-order valence-corrected chi connectivity index (χ4v) is 4.25. The van der Waals surface area contributed by atoms with Crippen LogP contribution < -0.4 is 5.32 Å². The summed E-state index contributed by atoms with van der Waals surface area (Å²) in [4.78, 5) is 0. The Labute approximate surface area is 173 Å². The van der Waals surface area contributed by atoms with Gasteiger partial charge in [-0.15, -0.1) is 0 Å². The Kier molecular flexibility index (Phi) is 12.6. The summed E-state index contributed by atoms with van der Waals surface area (Å²) in [6, 6.07) is 10.7. The molecule has 1 rings (SSSR count). The second-order valence-corrected chi connectivity index (χ2v) is 7.73. The van der Waals surface area contributed by atoms with Crippen LogP contribution in [0, 0.1) is 5.41 Å². The van der Waals surface area contributed by atoms with E-state index >= 15 is 0 Å². The Morgan fingerprint density at radius 1 is 0.786 bits per heavy atom. The van der Waals surface area contributed by atoms with E-state index in [9.17, 15) is 0 Å². The summed E-state index contributed by atoms with van der Waals surface area (Å²) < 4.78 is 17.7. The third-order valence-corrected chi connectivity index (χ3v) is 5.91. The van der Waals surface area contributed by atoms with Gasteiger partial charge < -0.3 is 19.5 Å². The fourth-order valence-electron chi connectivity index (χ4n) is 4.25. The number of methoxy groups -OCH3 is 3. The monoisotopic (exact) mass is 393 g/mol. The van der Waals surface area contributed by atoms with Crippen LogP contribution in [0.5, 0.6) is 0 Å². The first-order valence-corrected chi connectivity index (χ1v) is 11.0. The van der Waals surface area contributed by atoms with Crippen molar-refractivity contribution in [3.63, 3.8) is 0 Å². The highest BCUT2D eigenvalue weighted by Gasteiger charge is 2.52. The maximum Gasteiger partial charge on any atom is 0.289 e. The van der Waals surface area contributed by atoms with Crippen molar-refractivity contribution in [2.45, 2.75) is 77.6 Å². The summed E-state index contributed by atoms with van der Waals surface area (Å²) in [7, 11) is 5.08. The summed E-state index contributed by atoms with van der Waals surface area (Å²) in [5.41, 5.74) is 1.07. The first kappa shape index (κ1) is 25.1. The van der Waals surface area contributed by atoms with Crippen molar-refractivity contribution >= 4 is 0 Å². The normalized spacial score (nSPS) is 14.2. The van der Waals surface area contributed by atoms with Gasteiger partial charge in [0.05, 0.1) is 5.41 Å². The Bertz CT molecular complexity index is 482. The third-order valence-electron chi connectivity index (χ3n) is 5.91. The first-order chi connectivity index (χ1) is 13.6. The predicted molar refractivity (Wildman–Crippen MR) is 117 cm³/mol. The van der Waals surface area contributed by atoms with Crippen LogP contribution in [-0.4, -0.2) is 40.4 Å². The number of hydrogen-bond acceptors (Lipinski definition) is 4. The number of rotatable bonds is 17. The van der Waals surface area contributed by atoms with Crippen LogP contribution in [0.2, 0.25) is 0 Å². The third kappa shape index (κ3) is 7.14. The molecule has 0 saturated carbocycles. The fraction of sp³-hybridized carbons (Fsp3) is 0.750. The van der Waals surface area contributed by atoms with E-state index in [0.717, 1.165) is 38.8 Å². The molecular formula is C24H43NO3. The molecule has 28 heavy (non-hydrogen) atoms. The lowest BCUT2D eigenvalue weighted by atomic mass is 9.74. The molecule has 0 radical (unpaired) electrons. The van der Waals surface area contributed by atoms with Crippen molar-refractivity contribution in [2.75, 3.05) is 34.4 Å². The van der Waals surface area contributed by atoms with E-state index in [2.05, 4.69) is 49.5 Å². The molecule has 1 aromatic carbocycles. The molecule has 1 aromatic rings. The van der Waals surface area contributed by atoms with Gasteiger partial charge in [-0.3, -0.25) is 0 Å². The van der Waals surface area contributed by atoms with Crippen LogP contribution >= 0.6 is 0 Å². The molecule has 0 heterocycles. The highest BCUT2D eigenvalue weighted by Crippen LogP contribution is 2.44.